The molecule has 0 bridgehead atoms. The summed E-state index contributed by atoms with van der Waals surface area (Å²) in [5.74, 6) is 0. The maximum absolute atomic E-state index is 6.66. The van der Waals surface area contributed by atoms with E-state index < -0.39 is 0 Å². The van der Waals surface area contributed by atoms with Crippen LogP contribution < -0.4 is 5.73 Å². The molecular weight excluding hydrogens is 504 g/mol. The SMILES string of the molecule is C=Cc1c(N)c(N=CCCC)c2ccc(-c3cccc(-c4cccc5c4sc4ccccc45)c3)cc2c1/C=C\C. The third-order valence-electron chi connectivity index (χ3n) is 7.49. The van der Waals surface area contributed by atoms with Crippen LogP contribution in [0.2, 0.25) is 0 Å². The van der Waals surface area contributed by atoms with Crippen molar-refractivity contribution in [2.75, 3.05) is 5.73 Å². The molecule has 2 nitrogen and oxygen atoms in total. The Morgan fingerprint density at radius 3 is 2.40 bits per heavy atom. The van der Waals surface area contributed by atoms with Gasteiger partial charge in [0, 0.05) is 37.3 Å². The number of anilines is 1. The largest absolute Gasteiger partial charge is 0.396 e. The Hall–Kier alpha value is -4.47. The Bertz CT molecular complexity index is 1960. The maximum Gasteiger partial charge on any atom is 0.0939 e. The van der Waals surface area contributed by atoms with Gasteiger partial charge in [0.15, 0.2) is 0 Å². The van der Waals surface area contributed by atoms with Crippen LogP contribution in [-0.4, -0.2) is 6.21 Å². The maximum atomic E-state index is 6.66. The smallest absolute Gasteiger partial charge is 0.0939 e. The minimum absolute atomic E-state index is 0.675. The van der Waals surface area contributed by atoms with E-state index in [0.29, 0.717) is 5.69 Å². The third-order valence-corrected chi connectivity index (χ3v) is 8.71. The van der Waals surface area contributed by atoms with Crippen molar-refractivity contribution in [3.05, 3.63) is 109 Å². The Balaban J connectivity index is 1.53. The molecule has 40 heavy (non-hydrogen) atoms. The highest BCUT2D eigenvalue weighted by Crippen LogP contribution is 2.43. The summed E-state index contributed by atoms with van der Waals surface area (Å²) in [5, 5.41) is 4.82. The number of allylic oxidation sites excluding steroid dienone is 1. The van der Waals surface area contributed by atoms with Gasteiger partial charge in [-0.05, 0) is 64.7 Å². The summed E-state index contributed by atoms with van der Waals surface area (Å²) in [6, 6.07) is 30.8. The summed E-state index contributed by atoms with van der Waals surface area (Å²) < 4.78 is 2.65. The molecule has 0 spiro atoms. The van der Waals surface area contributed by atoms with Crippen molar-refractivity contribution in [2.24, 2.45) is 4.99 Å². The summed E-state index contributed by atoms with van der Waals surface area (Å²) in [7, 11) is 0. The Kier molecular flexibility index (Phi) is 7.06. The average Bonchev–Trinajstić information content (AvgIpc) is 3.38. The van der Waals surface area contributed by atoms with Crippen molar-refractivity contribution in [2.45, 2.75) is 26.7 Å². The minimum Gasteiger partial charge on any atom is -0.396 e. The van der Waals surface area contributed by atoms with Crippen LogP contribution in [0.25, 0.3) is 65.4 Å². The molecule has 6 rings (SSSR count). The lowest BCUT2D eigenvalue weighted by atomic mass is 9.91. The molecule has 0 saturated carbocycles. The number of nitrogen functional groups attached to an aromatic ring is 1. The topological polar surface area (TPSA) is 38.4 Å². The standard InChI is InChI=1S/C37H32N2S/c1-4-7-21-39-36-31-20-19-25(23-33(31)29(12-5-2)27(6-3)35(36)38)24-13-10-14-26(22-24)28-16-11-17-32-30-15-8-9-18-34(30)40-37(28)32/h5-6,8-23H,3-4,7,38H2,1-2H3/b12-5-,39-21?. The van der Waals surface area contributed by atoms with E-state index in [0.717, 1.165) is 46.0 Å². The first-order valence-electron chi connectivity index (χ1n) is 13.8. The van der Waals surface area contributed by atoms with Gasteiger partial charge in [0.2, 0.25) is 0 Å². The molecule has 1 heterocycles. The van der Waals surface area contributed by atoms with Gasteiger partial charge < -0.3 is 5.73 Å². The predicted molar refractivity (Wildman–Crippen MR) is 180 cm³/mol. The van der Waals surface area contributed by atoms with Crippen molar-refractivity contribution in [3.63, 3.8) is 0 Å². The van der Waals surface area contributed by atoms with Crippen molar-refractivity contribution >= 4 is 72.0 Å². The number of aliphatic imine (C=N–C) groups is 1. The summed E-state index contributed by atoms with van der Waals surface area (Å²) in [4.78, 5) is 4.82. The molecule has 196 valence electrons. The number of hydrogen-bond acceptors (Lipinski definition) is 3. The first kappa shape index (κ1) is 25.8. The lowest BCUT2D eigenvalue weighted by Crippen LogP contribution is -1.96. The fourth-order valence-corrected chi connectivity index (χ4v) is 6.79. The average molecular weight is 537 g/mol. The van der Waals surface area contributed by atoms with Crippen LogP contribution in [0.1, 0.15) is 37.8 Å². The molecule has 2 N–H and O–H groups in total. The Labute approximate surface area is 239 Å². The highest BCUT2D eigenvalue weighted by atomic mass is 32.1. The first-order valence-corrected chi connectivity index (χ1v) is 14.6. The van der Waals surface area contributed by atoms with Crippen molar-refractivity contribution in [3.8, 4) is 22.3 Å². The number of hydrogen-bond donors (Lipinski definition) is 1. The van der Waals surface area contributed by atoms with E-state index in [-0.39, 0.29) is 0 Å². The second-order valence-electron chi connectivity index (χ2n) is 10.0. The molecule has 3 heteroatoms. The first-order chi connectivity index (χ1) is 19.6. The number of nitrogens with zero attached hydrogens (tertiary/aromatic N) is 1. The van der Waals surface area contributed by atoms with Gasteiger partial charge in [-0.25, -0.2) is 0 Å². The molecule has 0 atom stereocenters. The summed E-state index contributed by atoms with van der Waals surface area (Å²) in [6.07, 6.45) is 9.96. The van der Waals surface area contributed by atoms with E-state index in [4.69, 9.17) is 10.7 Å². The van der Waals surface area contributed by atoms with Crippen LogP contribution in [0.4, 0.5) is 11.4 Å². The number of nitrogens with two attached hydrogens (primary N) is 1. The number of thiophene rings is 1. The summed E-state index contributed by atoms with van der Waals surface area (Å²) >= 11 is 1.87. The van der Waals surface area contributed by atoms with E-state index in [1.54, 1.807) is 0 Å². The van der Waals surface area contributed by atoms with Gasteiger partial charge in [-0.3, -0.25) is 4.99 Å². The fourth-order valence-electron chi connectivity index (χ4n) is 5.55. The van der Waals surface area contributed by atoms with E-state index >= 15 is 0 Å². The van der Waals surface area contributed by atoms with Crippen LogP contribution in [0.15, 0.2) is 103 Å². The zero-order valence-electron chi connectivity index (χ0n) is 22.9. The molecule has 0 aliphatic heterocycles. The quantitative estimate of drug-likeness (QED) is 0.160. The number of benzene rings is 5. The molecular formula is C37H32N2S. The van der Waals surface area contributed by atoms with Gasteiger partial charge in [0.1, 0.15) is 0 Å². The Morgan fingerprint density at radius 2 is 1.57 bits per heavy atom. The molecule has 0 radical (unpaired) electrons. The summed E-state index contributed by atoms with van der Waals surface area (Å²) in [5.41, 5.74) is 15.0. The van der Waals surface area contributed by atoms with Crippen molar-refractivity contribution < 1.29 is 0 Å². The molecule has 0 saturated heterocycles. The second kappa shape index (κ2) is 11.0. The van der Waals surface area contributed by atoms with Crippen LogP contribution in [0.5, 0.6) is 0 Å². The van der Waals surface area contributed by atoms with E-state index in [9.17, 15) is 0 Å². The fraction of sp³-hybridized carbons (Fsp3) is 0.108. The van der Waals surface area contributed by atoms with Crippen molar-refractivity contribution in [1.82, 2.24) is 0 Å². The summed E-state index contributed by atoms with van der Waals surface area (Å²) in [6.45, 7) is 8.26. The van der Waals surface area contributed by atoms with Crippen LogP contribution >= 0.6 is 11.3 Å². The minimum atomic E-state index is 0.675. The molecule has 5 aromatic carbocycles. The molecule has 0 aliphatic carbocycles. The van der Waals surface area contributed by atoms with E-state index in [1.165, 1.54) is 36.9 Å². The van der Waals surface area contributed by atoms with Gasteiger partial charge >= 0.3 is 0 Å². The number of rotatable bonds is 7. The highest BCUT2D eigenvalue weighted by molar-refractivity contribution is 7.26. The van der Waals surface area contributed by atoms with Crippen LogP contribution in [0, 0.1) is 0 Å². The normalized spacial score (nSPS) is 11.9. The molecule has 6 aromatic rings. The third kappa shape index (κ3) is 4.43. The van der Waals surface area contributed by atoms with Crippen molar-refractivity contribution in [1.29, 1.82) is 0 Å². The van der Waals surface area contributed by atoms with E-state index in [1.807, 2.05) is 30.6 Å². The van der Waals surface area contributed by atoms with Gasteiger partial charge in [0.25, 0.3) is 0 Å². The number of fused-ring (bicyclic) bond motifs is 4. The van der Waals surface area contributed by atoms with Crippen LogP contribution in [-0.2, 0) is 0 Å². The number of unbranched alkanes of at least 4 members (excludes halogenated alkanes) is 1. The van der Waals surface area contributed by atoms with Gasteiger partial charge in [0.05, 0.1) is 11.4 Å². The molecule has 0 fully saturated rings. The molecule has 0 aliphatic rings. The molecule has 0 unspecified atom stereocenters. The predicted octanol–water partition coefficient (Wildman–Crippen LogP) is 11.3. The van der Waals surface area contributed by atoms with Gasteiger partial charge in [-0.1, -0.05) is 105 Å². The zero-order chi connectivity index (χ0) is 27.6. The molecule has 1 aromatic heterocycles. The molecule has 0 amide bonds. The second-order valence-corrected chi connectivity index (χ2v) is 11.1. The Morgan fingerprint density at radius 1 is 0.800 bits per heavy atom. The van der Waals surface area contributed by atoms with Crippen LogP contribution in [0.3, 0.4) is 0 Å². The lowest BCUT2D eigenvalue weighted by Gasteiger charge is -2.16. The monoisotopic (exact) mass is 536 g/mol. The zero-order valence-corrected chi connectivity index (χ0v) is 23.8. The van der Waals surface area contributed by atoms with E-state index in [2.05, 4.69) is 111 Å². The highest BCUT2D eigenvalue weighted by Gasteiger charge is 2.16. The van der Waals surface area contributed by atoms with Gasteiger partial charge in [-0.15, -0.1) is 11.3 Å². The lowest BCUT2D eigenvalue weighted by molar-refractivity contribution is 1.01. The van der Waals surface area contributed by atoms with Gasteiger partial charge in [-0.2, -0.15) is 0 Å².